The molecule has 0 saturated heterocycles. The highest BCUT2D eigenvalue weighted by Crippen LogP contribution is 2.02. The topological polar surface area (TPSA) is 88.1 Å². The number of aliphatic hydroxyl groups is 1. The Hall–Kier alpha value is -2.12. The fourth-order valence-electron chi connectivity index (χ4n) is 1.60. The lowest BCUT2D eigenvalue weighted by Crippen LogP contribution is -2.47. The first-order valence-corrected chi connectivity index (χ1v) is 6.48. The minimum Gasteiger partial charge on any atom is -0.445 e. The van der Waals surface area contributed by atoms with Crippen LogP contribution in [0.1, 0.15) is 12.0 Å². The Morgan fingerprint density at radius 3 is 2.57 bits per heavy atom. The Balaban J connectivity index is 2.50. The minimum atomic E-state index is -0.900. The van der Waals surface area contributed by atoms with Gasteiger partial charge in [-0.1, -0.05) is 30.3 Å². The largest absolute Gasteiger partial charge is 0.445 e. The molecule has 116 valence electrons. The number of aliphatic hydroxyl groups excluding tert-OH is 1. The molecule has 0 fully saturated rings. The first-order valence-electron chi connectivity index (χ1n) is 6.48. The smallest absolute Gasteiger partial charge is 0.408 e. The van der Waals surface area contributed by atoms with Crippen molar-refractivity contribution in [3.8, 4) is 0 Å². The van der Waals surface area contributed by atoms with E-state index in [9.17, 15) is 9.59 Å². The molecule has 7 nitrogen and oxygen atoms in total. The van der Waals surface area contributed by atoms with Crippen molar-refractivity contribution in [1.82, 2.24) is 10.4 Å². The average Bonchev–Trinajstić information content (AvgIpc) is 2.52. The van der Waals surface area contributed by atoms with Crippen LogP contribution in [0.4, 0.5) is 4.79 Å². The van der Waals surface area contributed by atoms with Crippen molar-refractivity contribution in [1.29, 1.82) is 0 Å². The molecule has 1 unspecified atom stereocenters. The summed E-state index contributed by atoms with van der Waals surface area (Å²) >= 11 is 0. The molecule has 2 N–H and O–H groups in total. The van der Waals surface area contributed by atoms with Crippen molar-refractivity contribution >= 4 is 12.0 Å². The first kappa shape index (κ1) is 16.9. The van der Waals surface area contributed by atoms with Gasteiger partial charge < -0.3 is 15.2 Å². The third-order valence-corrected chi connectivity index (χ3v) is 2.80. The molecule has 1 aromatic carbocycles. The highest BCUT2D eigenvalue weighted by molar-refractivity contribution is 5.84. The van der Waals surface area contributed by atoms with Crippen LogP contribution in [0.2, 0.25) is 0 Å². The minimum absolute atomic E-state index is 0.0764. The molecule has 0 aliphatic rings. The second-order valence-corrected chi connectivity index (χ2v) is 4.29. The van der Waals surface area contributed by atoms with E-state index in [1.165, 1.54) is 14.2 Å². The Bertz CT molecular complexity index is 452. The maximum absolute atomic E-state index is 11.9. The summed E-state index contributed by atoms with van der Waals surface area (Å²) in [5.41, 5.74) is 0.840. The fourth-order valence-corrected chi connectivity index (χ4v) is 1.60. The third kappa shape index (κ3) is 5.80. The molecule has 0 aliphatic heterocycles. The molecule has 0 bridgehead atoms. The van der Waals surface area contributed by atoms with E-state index >= 15 is 0 Å². The molecule has 0 radical (unpaired) electrons. The zero-order valence-corrected chi connectivity index (χ0v) is 12.1. The molecule has 0 aromatic heterocycles. The lowest BCUT2D eigenvalue weighted by molar-refractivity contribution is -0.171. The van der Waals surface area contributed by atoms with Crippen molar-refractivity contribution < 1.29 is 24.3 Å². The summed E-state index contributed by atoms with van der Waals surface area (Å²) in [7, 11) is 2.76. The van der Waals surface area contributed by atoms with Gasteiger partial charge in [0, 0.05) is 13.7 Å². The molecule has 0 aliphatic carbocycles. The summed E-state index contributed by atoms with van der Waals surface area (Å²) in [5.74, 6) is -0.469. The third-order valence-electron chi connectivity index (χ3n) is 2.80. The summed E-state index contributed by atoms with van der Waals surface area (Å²) in [6.07, 6.45) is -0.650. The molecule has 21 heavy (non-hydrogen) atoms. The number of likely N-dealkylation sites (N-methyl/N-ethyl adjacent to an activating group) is 1. The number of ether oxygens (including phenoxy) is 1. The van der Waals surface area contributed by atoms with E-state index in [0.29, 0.717) is 0 Å². The maximum atomic E-state index is 11.9. The van der Waals surface area contributed by atoms with Gasteiger partial charge in [-0.2, -0.15) is 0 Å². The normalized spacial score (nSPS) is 11.6. The van der Waals surface area contributed by atoms with Crippen LogP contribution < -0.4 is 5.32 Å². The number of carbonyl (C=O) groups is 2. The molecular formula is C14H20N2O5. The van der Waals surface area contributed by atoms with Gasteiger partial charge in [0.05, 0.1) is 7.11 Å². The quantitative estimate of drug-likeness (QED) is 0.723. The standard InChI is InChI=1S/C14H20N2O5/c1-16(20-2)13(18)12(8-9-17)15-14(19)21-10-11-6-4-3-5-7-11/h3-7,12,17H,8-10H2,1-2H3,(H,15,19). The summed E-state index contributed by atoms with van der Waals surface area (Å²) in [4.78, 5) is 28.3. The van der Waals surface area contributed by atoms with Gasteiger partial charge >= 0.3 is 6.09 Å². The highest BCUT2D eigenvalue weighted by Gasteiger charge is 2.24. The Kier molecular flexibility index (Phi) is 7.20. The van der Waals surface area contributed by atoms with Crippen molar-refractivity contribution in [2.45, 2.75) is 19.1 Å². The number of benzene rings is 1. The van der Waals surface area contributed by atoms with E-state index in [2.05, 4.69) is 5.32 Å². The summed E-state index contributed by atoms with van der Waals surface area (Å²) in [5, 5.41) is 12.4. The first-order chi connectivity index (χ1) is 10.1. The van der Waals surface area contributed by atoms with Gasteiger partial charge in [0.25, 0.3) is 5.91 Å². The average molecular weight is 296 g/mol. The number of carbonyl (C=O) groups excluding carboxylic acids is 2. The van der Waals surface area contributed by atoms with E-state index in [1.807, 2.05) is 30.3 Å². The predicted molar refractivity (Wildman–Crippen MR) is 75.0 cm³/mol. The van der Waals surface area contributed by atoms with Gasteiger partial charge in [-0.3, -0.25) is 9.63 Å². The summed E-state index contributed by atoms with van der Waals surface area (Å²) < 4.78 is 5.03. The number of hydroxylamine groups is 2. The van der Waals surface area contributed by atoms with E-state index in [4.69, 9.17) is 14.7 Å². The molecule has 0 saturated carbocycles. The zero-order chi connectivity index (χ0) is 15.7. The van der Waals surface area contributed by atoms with Crippen LogP contribution in [0.15, 0.2) is 30.3 Å². The maximum Gasteiger partial charge on any atom is 0.408 e. The van der Waals surface area contributed by atoms with Gasteiger partial charge in [-0.25, -0.2) is 9.86 Å². The number of hydrogen-bond acceptors (Lipinski definition) is 5. The predicted octanol–water partition coefficient (Wildman–Crippen LogP) is 0.684. The molecule has 2 amide bonds. The number of nitrogens with zero attached hydrogens (tertiary/aromatic N) is 1. The van der Waals surface area contributed by atoms with Crippen molar-refractivity contribution in [3.05, 3.63) is 35.9 Å². The monoisotopic (exact) mass is 296 g/mol. The fraction of sp³-hybridized carbons (Fsp3) is 0.429. The number of alkyl carbamates (subject to hydrolysis) is 1. The van der Waals surface area contributed by atoms with Gasteiger partial charge in [-0.05, 0) is 12.0 Å². The summed E-state index contributed by atoms with van der Waals surface area (Å²) in [6, 6.07) is 8.28. The van der Waals surface area contributed by atoms with Gasteiger partial charge in [-0.15, -0.1) is 0 Å². The van der Waals surface area contributed by atoms with Crippen LogP contribution in [0.5, 0.6) is 0 Å². The van der Waals surface area contributed by atoms with Crippen LogP contribution in [0.25, 0.3) is 0 Å². The molecule has 1 aromatic rings. The Morgan fingerprint density at radius 2 is 2.00 bits per heavy atom. The van der Waals surface area contributed by atoms with Crippen molar-refractivity contribution in [3.63, 3.8) is 0 Å². The highest BCUT2D eigenvalue weighted by atomic mass is 16.7. The van der Waals surface area contributed by atoms with Crippen LogP contribution in [-0.4, -0.2) is 49.0 Å². The molecule has 1 rings (SSSR count). The van der Waals surface area contributed by atoms with Crippen molar-refractivity contribution in [2.75, 3.05) is 20.8 Å². The molecule has 1 atom stereocenters. The van der Waals surface area contributed by atoms with Gasteiger partial charge in [0.15, 0.2) is 0 Å². The van der Waals surface area contributed by atoms with Crippen LogP contribution >= 0.6 is 0 Å². The second kappa shape index (κ2) is 8.93. The van der Waals surface area contributed by atoms with E-state index < -0.39 is 18.0 Å². The van der Waals surface area contributed by atoms with E-state index in [-0.39, 0.29) is 19.6 Å². The number of amides is 2. The van der Waals surface area contributed by atoms with Crippen LogP contribution in [-0.2, 0) is 21.0 Å². The second-order valence-electron chi connectivity index (χ2n) is 4.29. The number of nitrogens with one attached hydrogen (secondary N) is 1. The number of rotatable bonds is 7. The zero-order valence-electron chi connectivity index (χ0n) is 12.1. The van der Waals surface area contributed by atoms with Gasteiger partial charge in [0.2, 0.25) is 0 Å². The SMILES string of the molecule is CON(C)C(=O)C(CCO)NC(=O)OCc1ccccc1. The Labute approximate surface area is 123 Å². The van der Waals surface area contributed by atoms with E-state index in [1.54, 1.807) is 0 Å². The molecule has 0 spiro atoms. The van der Waals surface area contributed by atoms with Crippen LogP contribution in [0, 0.1) is 0 Å². The lowest BCUT2D eigenvalue weighted by atomic mass is 10.2. The molecule has 0 heterocycles. The van der Waals surface area contributed by atoms with Crippen molar-refractivity contribution in [2.24, 2.45) is 0 Å². The summed E-state index contributed by atoms with van der Waals surface area (Å²) in [6.45, 7) is -0.139. The van der Waals surface area contributed by atoms with Gasteiger partial charge in [0.1, 0.15) is 12.6 Å². The Morgan fingerprint density at radius 1 is 1.33 bits per heavy atom. The lowest BCUT2D eigenvalue weighted by Gasteiger charge is -2.21. The number of hydrogen-bond donors (Lipinski definition) is 2. The van der Waals surface area contributed by atoms with Crippen LogP contribution in [0.3, 0.4) is 0 Å². The van der Waals surface area contributed by atoms with E-state index in [0.717, 1.165) is 10.6 Å². The molecular weight excluding hydrogens is 276 g/mol. The molecule has 7 heteroatoms.